The molecule has 4 aliphatic carbocycles. The van der Waals surface area contributed by atoms with Gasteiger partial charge >= 0.3 is 0 Å². The first kappa shape index (κ1) is 19.7. The molecule has 0 amide bonds. The maximum Gasteiger partial charge on any atom is 0.139 e. The summed E-state index contributed by atoms with van der Waals surface area (Å²) in [4.78, 5) is 30.8. The van der Waals surface area contributed by atoms with Crippen molar-refractivity contribution in [2.24, 2.45) is 40.4 Å². The van der Waals surface area contributed by atoms with Gasteiger partial charge in [0.2, 0.25) is 0 Å². The van der Waals surface area contributed by atoms with Crippen molar-refractivity contribution >= 4 is 12.1 Å². The highest BCUT2D eigenvalue weighted by atomic mass is 16.7. The smallest absolute Gasteiger partial charge is 0.139 e. The van der Waals surface area contributed by atoms with Crippen molar-refractivity contribution < 1.29 is 14.4 Å². The number of allylic oxidation sites excluding steroid dienone is 2. The van der Waals surface area contributed by atoms with Gasteiger partial charge in [0, 0.05) is 30.0 Å². The normalized spacial score (nSPS) is 49.0. The summed E-state index contributed by atoms with van der Waals surface area (Å²) in [6.45, 7) is 6.60. The van der Waals surface area contributed by atoms with E-state index in [0.717, 1.165) is 64.5 Å². The fraction of sp³-hybridized carbons (Fsp3) is 0.833. The zero-order valence-corrected chi connectivity index (χ0v) is 17.9. The van der Waals surface area contributed by atoms with E-state index >= 15 is 0 Å². The Labute approximate surface area is 174 Å². The molecular formula is C24H36N2O3. The van der Waals surface area contributed by atoms with Crippen LogP contribution in [0.3, 0.4) is 0 Å². The Hall–Kier alpha value is -1.20. The van der Waals surface area contributed by atoms with Crippen molar-refractivity contribution in [3.8, 4) is 0 Å². The number of carbonyl (C=O) groups excluding carboxylic acids is 2. The Balaban J connectivity index is 1.37. The van der Waals surface area contributed by atoms with Crippen molar-refractivity contribution in [1.82, 2.24) is 10.8 Å². The Bertz CT molecular complexity index is 715. The van der Waals surface area contributed by atoms with Crippen molar-refractivity contribution in [3.63, 3.8) is 0 Å². The minimum absolute atomic E-state index is 0.0872. The molecule has 8 atom stereocenters. The Morgan fingerprint density at radius 1 is 1.17 bits per heavy atom. The topological polar surface area (TPSA) is 67.4 Å². The second-order valence-electron chi connectivity index (χ2n) is 10.9. The molecule has 1 aliphatic heterocycles. The average molecular weight is 401 g/mol. The number of rotatable bonds is 4. The number of nitrogens with one attached hydrogen (secondary N) is 2. The van der Waals surface area contributed by atoms with Crippen LogP contribution in [0.2, 0.25) is 0 Å². The standard InChI is InChI=1S/C24H36N2O3/c1-23-8-5-17(26-29-18-7-10-25-13-18)12-16(23)11-15(14-27)22-19-3-4-21(28)24(19,2)9-6-20(22)23/h12,14-16,18-20,22,25-26H,3-11,13H2,1-2H3/t15?,16?,18?,19-,20-,22-,23-,24-/m0/s1. The van der Waals surface area contributed by atoms with Gasteiger partial charge in [-0.05, 0) is 80.6 Å². The summed E-state index contributed by atoms with van der Waals surface area (Å²) < 4.78 is 0. The summed E-state index contributed by atoms with van der Waals surface area (Å²) >= 11 is 0. The molecule has 3 unspecified atom stereocenters. The van der Waals surface area contributed by atoms with E-state index in [1.165, 1.54) is 12.0 Å². The highest BCUT2D eigenvalue weighted by Crippen LogP contribution is 2.66. The molecule has 0 aromatic carbocycles. The molecule has 0 aromatic heterocycles. The van der Waals surface area contributed by atoms with E-state index in [1.54, 1.807) is 0 Å². The second-order valence-corrected chi connectivity index (χ2v) is 10.9. The molecular weight excluding hydrogens is 364 g/mol. The van der Waals surface area contributed by atoms with E-state index in [-0.39, 0.29) is 22.9 Å². The molecule has 3 saturated carbocycles. The van der Waals surface area contributed by atoms with Gasteiger partial charge in [-0.2, -0.15) is 0 Å². The van der Waals surface area contributed by atoms with Crippen molar-refractivity contribution in [2.75, 3.05) is 13.1 Å². The van der Waals surface area contributed by atoms with E-state index in [2.05, 4.69) is 30.7 Å². The van der Waals surface area contributed by atoms with Gasteiger partial charge < -0.3 is 10.1 Å². The van der Waals surface area contributed by atoms with Crippen LogP contribution in [-0.4, -0.2) is 31.3 Å². The Kier molecular flexibility index (Phi) is 4.90. The van der Waals surface area contributed by atoms with Gasteiger partial charge in [0.15, 0.2) is 0 Å². The SMILES string of the molecule is C[C@]12CCC(NOC3CCNC3)=CC1CC(C=O)[C@@H]1[C@@H]2CC[C@]2(C)C(=O)CC[C@@H]12. The molecule has 29 heavy (non-hydrogen) atoms. The quantitative estimate of drug-likeness (QED) is 0.559. The van der Waals surface area contributed by atoms with Crippen LogP contribution >= 0.6 is 0 Å². The summed E-state index contributed by atoms with van der Waals surface area (Å²) in [7, 11) is 0. The third kappa shape index (κ3) is 3.03. The first-order chi connectivity index (χ1) is 14.0. The number of hydrogen-bond acceptors (Lipinski definition) is 5. The summed E-state index contributed by atoms with van der Waals surface area (Å²) in [5.74, 6) is 2.31. The Morgan fingerprint density at radius 2 is 2.03 bits per heavy atom. The molecule has 0 bridgehead atoms. The van der Waals surface area contributed by atoms with Gasteiger partial charge in [-0.3, -0.25) is 15.1 Å². The highest BCUT2D eigenvalue weighted by Gasteiger charge is 2.62. The number of fused-ring (bicyclic) bond motifs is 5. The van der Waals surface area contributed by atoms with Crippen LogP contribution in [-0.2, 0) is 14.4 Å². The number of hydrogen-bond donors (Lipinski definition) is 2. The molecule has 1 heterocycles. The molecule has 4 fully saturated rings. The molecule has 0 spiro atoms. The van der Waals surface area contributed by atoms with Crippen LogP contribution in [0.15, 0.2) is 11.8 Å². The molecule has 5 heteroatoms. The van der Waals surface area contributed by atoms with E-state index in [1.807, 2.05) is 0 Å². The van der Waals surface area contributed by atoms with Gasteiger partial charge in [-0.25, -0.2) is 0 Å². The third-order valence-electron chi connectivity index (χ3n) is 9.64. The highest BCUT2D eigenvalue weighted by molar-refractivity contribution is 5.87. The zero-order chi connectivity index (χ0) is 20.2. The van der Waals surface area contributed by atoms with Crippen LogP contribution in [0.25, 0.3) is 0 Å². The van der Waals surface area contributed by atoms with E-state index in [9.17, 15) is 9.59 Å². The van der Waals surface area contributed by atoms with Crippen molar-refractivity contribution in [2.45, 2.75) is 71.3 Å². The van der Waals surface area contributed by atoms with Crippen molar-refractivity contribution in [3.05, 3.63) is 11.8 Å². The van der Waals surface area contributed by atoms with E-state index < -0.39 is 0 Å². The predicted octanol–water partition coefficient (Wildman–Crippen LogP) is 3.40. The average Bonchev–Trinajstić information content (AvgIpc) is 3.34. The lowest BCUT2D eigenvalue weighted by Crippen LogP contribution is -2.56. The van der Waals surface area contributed by atoms with Gasteiger partial charge in [0.25, 0.3) is 0 Å². The minimum Gasteiger partial charge on any atom is -0.314 e. The lowest BCUT2D eigenvalue weighted by Gasteiger charge is -2.60. The molecule has 5 aliphatic rings. The maximum atomic E-state index is 12.7. The first-order valence-corrected chi connectivity index (χ1v) is 11.8. The monoisotopic (exact) mass is 400 g/mol. The fourth-order valence-electron chi connectivity index (χ4n) is 7.81. The largest absolute Gasteiger partial charge is 0.314 e. The number of hydroxylamine groups is 1. The van der Waals surface area contributed by atoms with Crippen LogP contribution in [0.5, 0.6) is 0 Å². The van der Waals surface area contributed by atoms with Crippen molar-refractivity contribution in [1.29, 1.82) is 0 Å². The summed E-state index contributed by atoms with van der Waals surface area (Å²) in [6, 6.07) is 0. The third-order valence-corrected chi connectivity index (χ3v) is 9.64. The fourth-order valence-corrected chi connectivity index (χ4v) is 7.81. The molecule has 1 saturated heterocycles. The minimum atomic E-state index is -0.175. The van der Waals surface area contributed by atoms with Crippen LogP contribution in [0, 0.1) is 40.4 Å². The van der Waals surface area contributed by atoms with Gasteiger partial charge in [-0.15, -0.1) is 0 Å². The first-order valence-electron chi connectivity index (χ1n) is 11.8. The van der Waals surface area contributed by atoms with Crippen LogP contribution in [0.1, 0.15) is 65.2 Å². The van der Waals surface area contributed by atoms with Crippen LogP contribution < -0.4 is 10.8 Å². The molecule has 2 N–H and O–H groups in total. The predicted molar refractivity (Wildman–Crippen MR) is 111 cm³/mol. The lowest BCUT2D eigenvalue weighted by molar-refractivity contribution is -0.146. The lowest BCUT2D eigenvalue weighted by atomic mass is 9.44. The maximum absolute atomic E-state index is 12.7. The molecule has 5 nitrogen and oxygen atoms in total. The van der Waals surface area contributed by atoms with Gasteiger partial charge in [0.05, 0.1) is 6.10 Å². The summed E-state index contributed by atoms with van der Waals surface area (Å²) in [5.41, 5.74) is 4.51. The van der Waals surface area contributed by atoms with Crippen LogP contribution in [0.4, 0.5) is 0 Å². The molecule has 5 rings (SSSR count). The van der Waals surface area contributed by atoms with Gasteiger partial charge in [0.1, 0.15) is 12.1 Å². The molecule has 0 aromatic rings. The summed E-state index contributed by atoms with van der Waals surface area (Å²) in [6.07, 6.45) is 11.8. The van der Waals surface area contributed by atoms with Gasteiger partial charge in [-0.1, -0.05) is 19.9 Å². The summed E-state index contributed by atoms with van der Waals surface area (Å²) in [5, 5.41) is 3.33. The second kappa shape index (κ2) is 7.19. The van der Waals surface area contributed by atoms with E-state index in [4.69, 9.17) is 4.84 Å². The molecule has 0 radical (unpaired) electrons. The number of aldehydes is 1. The zero-order valence-electron chi connectivity index (χ0n) is 17.9. The Morgan fingerprint density at radius 3 is 2.79 bits per heavy atom. The number of ketones is 1. The number of Topliss-reactive ketones (excluding diaryl/α,β-unsaturated/α-hetero) is 1. The van der Waals surface area contributed by atoms with E-state index in [0.29, 0.717) is 29.5 Å². The molecule has 160 valence electrons. The number of carbonyl (C=O) groups is 2.